The van der Waals surface area contributed by atoms with Crippen LogP contribution in [0.5, 0.6) is 0 Å². The lowest BCUT2D eigenvalue weighted by atomic mass is 10.2. The van der Waals surface area contributed by atoms with E-state index in [2.05, 4.69) is 14.8 Å². The lowest BCUT2D eigenvalue weighted by Gasteiger charge is -2.31. The second-order valence-corrected chi connectivity index (χ2v) is 4.82. The van der Waals surface area contributed by atoms with Crippen molar-refractivity contribution in [2.45, 2.75) is 19.1 Å². The smallest absolute Gasteiger partial charge is 0.297 e. The van der Waals surface area contributed by atoms with Crippen molar-refractivity contribution >= 4 is 6.01 Å². The molecule has 2 aliphatic heterocycles. The van der Waals surface area contributed by atoms with Crippen LogP contribution < -0.4 is 4.90 Å². The number of hydrogen-bond donors (Lipinski definition) is 1. The molecule has 2 aliphatic rings. The predicted molar refractivity (Wildman–Crippen MR) is 65.4 cm³/mol. The van der Waals surface area contributed by atoms with Crippen molar-refractivity contribution in [2.75, 3.05) is 44.3 Å². The molecule has 0 saturated carbocycles. The maximum atomic E-state index is 8.99. The Balaban J connectivity index is 1.60. The van der Waals surface area contributed by atoms with Gasteiger partial charge in [0.25, 0.3) is 6.01 Å². The molecule has 3 rings (SSSR count). The number of aliphatic hydroxyl groups excluding tert-OH is 1. The highest BCUT2D eigenvalue weighted by Gasteiger charge is 2.30. The van der Waals surface area contributed by atoms with Gasteiger partial charge in [-0.2, -0.15) is 4.98 Å². The van der Waals surface area contributed by atoms with E-state index in [4.69, 9.17) is 14.3 Å². The summed E-state index contributed by atoms with van der Waals surface area (Å²) >= 11 is 0. The molecule has 3 heterocycles. The fourth-order valence-corrected chi connectivity index (χ4v) is 2.67. The summed E-state index contributed by atoms with van der Waals surface area (Å²) in [6.45, 7) is 5.56. The highest BCUT2D eigenvalue weighted by atomic mass is 16.5. The van der Waals surface area contributed by atoms with Crippen molar-refractivity contribution in [1.82, 2.24) is 9.88 Å². The third-order valence-corrected chi connectivity index (χ3v) is 3.70. The van der Waals surface area contributed by atoms with Crippen molar-refractivity contribution in [2.24, 2.45) is 0 Å². The number of anilines is 1. The molecule has 100 valence electrons. The molecule has 6 heteroatoms. The monoisotopic (exact) mass is 253 g/mol. The van der Waals surface area contributed by atoms with Crippen LogP contribution in [-0.2, 0) is 11.3 Å². The van der Waals surface area contributed by atoms with Gasteiger partial charge in [0.05, 0.1) is 19.8 Å². The molecule has 2 fully saturated rings. The Morgan fingerprint density at radius 1 is 1.33 bits per heavy atom. The third-order valence-electron chi connectivity index (χ3n) is 3.70. The minimum absolute atomic E-state index is 0.0652. The predicted octanol–water partition coefficient (Wildman–Crippen LogP) is 0.0778. The molecular weight excluding hydrogens is 234 g/mol. The van der Waals surface area contributed by atoms with Gasteiger partial charge in [0.2, 0.25) is 0 Å². The minimum Gasteiger partial charge on any atom is -0.432 e. The Bertz CT molecular complexity index is 390. The molecule has 1 unspecified atom stereocenters. The summed E-state index contributed by atoms with van der Waals surface area (Å²) in [7, 11) is 0. The quantitative estimate of drug-likeness (QED) is 0.823. The van der Waals surface area contributed by atoms with Crippen LogP contribution in [0.2, 0.25) is 0 Å². The third kappa shape index (κ3) is 2.36. The average Bonchev–Trinajstić information content (AvgIpc) is 3.08. The zero-order valence-electron chi connectivity index (χ0n) is 10.4. The van der Waals surface area contributed by atoms with Crippen LogP contribution in [0.3, 0.4) is 0 Å². The molecule has 0 bridgehead atoms. The summed E-state index contributed by atoms with van der Waals surface area (Å²) in [5.41, 5.74) is 0.597. The zero-order chi connectivity index (χ0) is 12.4. The largest absolute Gasteiger partial charge is 0.432 e. The molecule has 0 spiro atoms. The molecule has 1 N–H and O–H groups in total. The number of aliphatic hydroxyl groups is 1. The van der Waals surface area contributed by atoms with Crippen molar-refractivity contribution in [3.8, 4) is 0 Å². The first kappa shape index (κ1) is 12.0. The Hall–Kier alpha value is -1.11. The standard InChI is InChI=1S/C12H19N3O3/c16-8-10-9-18-12(13-10)15-2-1-11(7-15)14-3-5-17-6-4-14/h9,11,16H,1-8H2. The van der Waals surface area contributed by atoms with Crippen LogP contribution in [0.4, 0.5) is 6.01 Å². The lowest BCUT2D eigenvalue weighted by molar-refractivity contribution is 0.0209. The van der Waals surface area contributed by atoms with E-state index in [0.29, 0.717) is 17.8 Å². The Morgan fingerprint density at radius 2 is 2.17 bits per heavy atom. The number of aromatic nitrogens is 1. The summed E-state index contributed by atoms with van der Waals surface area (Å²) in [5, 5.41) is 8.99. The van der Waals surface area contributed by atoms with Crippen LogP contribution in [0, 0.1) is 0 Å². The lowest BCUT2D eigenvalue weighted by Crippen LogP contribution is -2.44. The van der Waals surface area contributed by atoms with E-state index in [1.807, 2.05) is 0 Å². The van der Waals surface area contributed by atoms with E-state index >= 15 is 0 Å². The fraction of sp³-hybridized carbons (Fsp3) is 0.750. The van der Waals surface area contributed by atoms with Gasteiger partial charge >= 0.3 is 0 Å². The van der Waals surface area contributed by atoms with Crippen LogP contribution in [0.15, 0.2) is 10.7 Å². The molecule has 0 aromatic carbocycles. The highest BCUT2D eigenvalue weighted by Crippen LogP contribution is 2.23. The number of ether oxygens (including phenoxy) is 1. The SMILES string of the molecule is OCc1coc(N2CCC(N3CCOCC3)C2)n1. The van der Waals surface area contributed by atoms with E-state index in [1.165, 1.54) is 6.26 Å². The first-order valence-electron chi connectivity index (χ1n) is 6.49. The molecule has 1 aromatic heterocycles. The van der Waals surface area contributed by atoms with Gasteiger partial charge in [0.15, 0.2) is 0 Å². The van der Waals surface area contributed by atoms with Crippen LogP contribution in [-0.4, -0.2) is 60.4 Å². The van der Waals surface area contributed by atoms with Gasteiger partial charge in [0, 0.05) is 32.2 Å². The number of nitrogens with zero attached hydrogens (tertiary/aromatic N) is 3. The van der Waals surface area contributed by atoms with Crippen molar-refractivity contribution < 1.29 is 14.3 Å². The molecular formula is C12H19N3O3. The molecule has 0 radical (unpaired) electrons. The van der Waals surface area contributed by atoms with Crippen LogP contribution in [0.25, 0.3) is 0 Å². The van der Waals surface area contributed by atoms with Crippen molar-refractivity contribution in [3.63, 3.8) is 0 Å². The van der Waals surface area contributed by atoms with Gasteiger partial charge in [-0.3, -0.25) is 4.90 Å². The fourth-order valence-electron chi connectivity index (χ4n) is 2.67. The summed E-state index contributed by atoms with van der Waals surface area (Å²) in [6, 6.07) is 1.20. The molecule has 6 nitrogen and oxygen atoms in total. The first-order chi connectivity index (χ1) is 8.86. The van der Waals surface area contributed by atoms with Gasteiger partial charge in [-0.1, -0.05) is 0 Å². The molecule has 2 saturated heterocycles. The van der Waals surface area contributed by atoms with Gasteiger partial charge in [-0.05, 0) is 6.42 Å². The minimum atomic E-state index is -0.0652. The maximum Gasteiger partial charge on any atom is 0.297 e. The Kier molecular flexibility index (Phi) is 3.49. The van der Waals surface area contributed by atoms with Gasteiger partial charge < -0.3 is 19.2 Å². The van der Waals surface area contributed by atoms with E-state index in [0.717, 1.165) is 45.8 Å². The summed E-state index contributed by atoms with van der Waals surface area (Å²) < 4.78 is 10.8. The molecule has 0 aliphatic carbocycles. The van der Waals surface area contributed by atoms with E-state index in [-0.39, 0.29) is 6.61 Å². The zero-order valence-corrected chi connectivity index (χ0v) is 10.4. The number of hydrogen-bond acceptors (Lipinski definition) is 6. The van der Waals surface area contributed by atoms with E-state index < -0.39 is 0 Å². The van der Waals surface area contributed by atoms with Gasteiger partial charge in [-0.15, -0.1) is 0 Å². The summed E-state index contributed by atoms with van der Waals surface area (Å²) in [6.07, 6.45) is 2.66. The van der Waals surface area contributed by atoms with Crippen molar-refractivity contribution in [3.05, 3.63) is 12.0 Å². The summed E-state index contributed by atoms with van der Waals surface area (Å²) in [5.74, 6) is 0. The Morgan fingerprint density at radius 3 is 2.89 bits per heavy atom. The van der Waals surface area contributed by atoms with E-state index in [1.54, 1.807) is 0 Å². The van der Waals surface area contributed by atoms with E-state index in [9.17, 15) is 0 Å². The first-order valence-corrected chi connectivity index (χ1v) is 6.49. The highest BCUT2D eigenvalue weighted by molar-refractivity contribution is 5.29. The average molecular weight is 253 g/mol. The normalized spacial score (nSPS) is 25.8. The summed E-state index contributed by atoms with van der Waals surface area (Å²) in [4.78, 5) is 8.89. The second kappa shape index (κ2) is 5.26. The maximum absolute atomic E-state index is 8.99. The molecule has 1 aromatic rings. The number of rotatable bonds is 3. The number of oxazole rings is 1. The van der Waals surface area contributed by atoms with Gasteiger partial charge in [0.1, 0.15) is 12.0 Å². The molecule has 1 atom stereocenters. The van der Waals surface area contributed by atoms with Crippen LogP contribution in [0.1, 0.15) is 12.1 Å². The van der Waals surface area contributed by atoms with Gasteiger partial charge in [-0.25, -0.2) is 0 Å². The van der Waals surface area contributed by atoms with Crippen LogP contribution >= 0.6 is 0 Å². The molecule has 18 heavy (non-hydrogen) atoms. The second-order valence-electron chi connectivity index (χ2n) is 4.82. The number of morpholine rings is 1. The van der Waals surface area contributed by atoms with Crippen molar-refractivity contribution in [1.29, 1.82) is 0 Å². The Labute approximate surface area is 106 Å². The topological polar surface area (TPSA) is 62.0 Å². The molecule has 0 amide bonds.